The van der Waals surface area contributed by atoms with Crippen LogP contribution in [0.3, 0.4) is 0 Å². The lowest BCUT2D eigenvalue weighted by atomic mass is 9.94. The van der Waals surface area contributed by atoms with Gasteiger partial charge < -0.3 is 5.11 Å². The zero-order valence-corrected chi connectivity index (χ0v) is 16.1. The maximum atomic E-state index is 11.3. The molecule has 1 unspecified atom stereocenters. The summed E-state index contributed by atoms with van der Waals surface area (Å²) in [6.07, 6.45) is -0.377. The van der Waals surface area contributed by atoms with E-state index in [1.54, 1.807) is 19.1 Å². The molecular weight excluding hydrogens is 393 g/mol. The van der Waals surface area contributed by atoms with Crippen molar-refractivity contribution in [1.82, 2.24) is 5.43 Å². The van der Waals surface area contributed by atoms with E-state index in [2.05, 4.69) is 10.5 Å². The van der Waals surface area contributed by atoms with Crippen molar-refractivity contribution in [3.8, 4) is 0 Å². The Kier molecular flexibility index (Phi) is 6.90. The Morgan fingerprint density at radius 3 is 2.37 bits per heavy atom. The number of nitro benzene ring substituents is 1. The Labute approximate surface area is 165 Å². The molecule has 0 fully saturated rings. The van der Waals surface area contributed by atoms with Crippen LogP contribution in [0.5, 0.6) is 0 Å². The van der Waals surface area contributed by atoms with Crippen LogP contribution in [-0.4, -0.2) is 27.8 Å². The number of nitrogens with one attached hydrogen (secondary N) is 1. The molecule has 0 saturated heterocycles. The van der Waals surface area contributed by atoms with Gasteiger partial charge in [-0.1, -0.05) is 23.2 Å². The second-order valence-corrected chi connectivity index (χ2v) is 6.72. The largest absolute Gasteiger partial charge is 0.393 e. The molecule has 2 aromatic rings. The number of rotatable bonds is 6. The van der Waals surface area contributed by atoms with Gasteiger partial charge in [-0.3, -0.25) is 14.9 Å². The van der Waals surface area contributed by atoms with Crippen molar-refractivity contribution in [2.45, 2.75) is 26.4 Å². The number of halogens is 2. The minimum Gasteiger partial charge on any atom is -0.393 e. The van der Waals surface area contributed by atoms with Gasteiger partial charge in [0, 0.05) is 30.2 Å². The maximum absolute atomic E-state index is 11.3. The average molecular weight is 410 g/mol. The summed E-state index contributed by atoms with van der Waals surface area (Å²) >= 11 is 12.3. The van der Waals surface area contributed by atoms with Crippen LogP contribution in [0, 0.1) is 10.1 Å². The van der Waals surface area contributed by atoms with Crippen molar-refractivity contribution in [3.05, 3.63) is 73.2 Å². The van der Waals surface area contributed by atoms with Crippen LogP contribution in [0.25, 0.3) is 0 Å². The molecule has 1 atom stereocenters. The van der Waals surface area contributed by atoms with Crippen LogP contribution >= 0.6 is 23.2 Å². The molecule has 2 rings (SSSR count). The van der Waals surface area contributed by atoms with Crippen molar-refractivity contribution in [2.24, 2.45) is 5.10 Å². The third kappa shape index (κ3) is 5.50. The van der Waals surface area contributed by atoms with Gasteiger partial charge in [0.2, 0.25) is 5.91 Å². The first-order valence-electron chi connectivity index (χ1n) is 7.94. The van der Waals surface area contributed by atoms with E-state index in [-0.39, 0.29) is 23.0 Å². The van der Waals surface area contributed by atoms with Gasteiger partial charge in [0.05, 0.1) is 26.8 Å². The summed E-state index contributed by atoms with van der Waals surface area (Å²) in [5.41, 5.74) is 4.38. The number of hydrogen-bond donors (Lipinski definition) is 2. The minimum atomic E-state index is -0.653. The molecule has 0 aliphatic rings. The van der Waals surface area contributed by atoms with Gasteiger partial charge in [-0.2, -0.15) is 5.10 Å². The minimum absolute atomic E-state index is 0.0732. The maximum Gasteiger partial charge on any atom is 0.269 e. The second-order valence-electron chi connectivity index (χ2n) is 5.91. The first-order valence-corrected chi connectivity index (χ1v) is 8.70. The summed E-state index contributed by atoms with van der Waals surface area (Å²) in [4.78, 5) is 21.7. The average Bonchev–Trinajstić information content (AvgIpc) is 2.58. The van der Waals surface area contributed by atoms with Crippen molar-refractivity contribution < 1.29 is 14.8 Å². The smallest absolute Gasteiger partial charge is 0.269 e. The Morgan fingerprint density at radius 1 is 1.26 bits per heavy atom. The molecule has 27 heavy (non-hydrogen) atoms. The van der Waals surface area contributed by atoms with Gasteiger partial charge >= 0.3 is 0 Å². The monoisotopic (exact) mass is 409 g/mol. The molecule has 0 aliphatic carbocycles. The SMILES string of the molecule is CC(=O)NN=C(c1ccc([N+](=O)[O-])cc1)c1cc(Cl)c(Cl)cc1CC(C)O. The number of non-ortho nitro benzene ring substituents is 1. The molecule has 0 heterocycles. The van der Waals surface area contributed by atoms with E-state index in [1.165, 1.54) is 31.2 Å². The molecule has 0 aromatic heterocycles. The highest BCUT2D eigenvalue weighted by molar-refractivity contribution is 6.42. The Morgan fingerprint density at radius 2 is 1.85 bits per heavy atom. The molecule has 0 radical (unpaired) electrons. The number of aliphatic hydroxyl groups is 1. The van der Waals surface area contributed by atoms with E-state index < -0.39 is 11.0 Å². The van der Waals surface area contributed by atoms with E-state index in [9.17, 15) is 20.0 Å². The molecule has 142 valence electrons. The highest BCUT2D eigenvalue weighted by Gasteiger charge is 2.18. The summed E-state index contributed by atoms with van der Waals surface area (Å²) in [7, 11) is 0. The fraction of sp³-hybridized carbons (Fsp3) is 0.222. The van der Waals surface area contributed by atoms with Crippen LogP contribution in [0.1, 0.15) is 30.5 Å². The molecule has 0 aliphatic heterocycles. The van der Waals surface area contributed by atoms with Crippen molar-refractivity contribution in [1.29, 1.82) is 0 Å². The molecule has 7 nitrogen and oxygen atoms in total. The number of hydrazone groups is 1. The first-order chi connectivity index (χ1) is 12.7. The number of hydrogen-bond acceptors (Lipinski definition) is 5. The summed E-state index contributed by atoms with van der Waals surface area (Å²) < 4.78 is 0. The van der Waals surface area contributed by atoms with E-state index in [1.807, 2.05) is 0 Å². The summed E-state index contributed by atoms with van der Waals surface area (Å²) in [5, 5.41) is 25.4. The van der Waals surface area contributed by atoms with Gasteiger partial charge in [-0.25, -0.2) is 5.43 Å². The number of nitrogens with zero attached hydrogens (tertiary/aromatic N) is 2. The summed E-state index contributed by atoms with van der Waals surface area (Å²) in [5.74, 6) is -0.383. The predicted octanol–water partition coefficient (Wildman–Crippen LogP) is 3.71. The van der Waals surface area contributed by atoms with Crippen LogP contribution in [0.15, 0.2) is 41.5 Å². The van der Waals surface area contributed by atoms with Crippen LogP contribution < -0.4 is 5.43 Å². The van der Waals surface area contributed by atoms with Gasteiger partial charge in [0.15, 0.2) is 0 Å². The number of carbonyl (C=O) groups is 1. The highest BCUT2D eigenvalue weighted by Crippen LogP contribution is 2.29. The second kappa shape index (κ2) is 8.94. The number of aliphatic hydroxyl groups excluding tert-OH is 1. The van der Waals surface area contributed by atoms with E-state index in [0.717, 1.165) is 0 Å². The first kappa shape index (κ1) is 20.8. The molecule has 0 bridgehead atoms. The van der Waals surface area contributed by atoms with E-state index in [4.69, 9.17) is 23.2 Å². The molecule has 1 amide bonds. The third-order valence-corrected chi connectivity index (χ3v) is 4.32. The fourth-order valence-electron chi connectivity index (χ4n) is 2.45. The van der Waals surface area contributed by atoms with Crippen molar-refractivity contribution in [3.63, 3.8) is 0 Å². The topological polar surface area (TPSA) is 105 Å². The van der Waals surface area contributed by atoms with Crippen molar-refractivity contribution >= 4 is 40.5 Å². The number of nitro groups is 1. The van der Waals surface area contributed by atoms with Gasteiger partial charge in [0.1, 0.15) is 0 Å². The van der Waals surface area contributed by atoms with E-state index >= 15 is 0 Å². The molecule has 2 N–H and O–H groups in total. The predicted molar refractivity (Wildman–Crippen MR) is 104 cm³/mol. The lowest BCUT2D eigenvalue weighted by Crippen LogP contribution is -2.19. The van der Waals surface area contributed by atoms with Gasteiger partial charge in [-0.15, -0.1) is 0 Å². The van der Waals surface area contributed by atoms with Crippen LogP contribution in [-0.2, 0) is 11.2 Å². The molecule has 2 aromatic carbocycles. The van der Waals surface area contributed by atoms with Gasteiger partial charge in [-0.05, 0) is 43.2 Å². The zero-order valence-electron chi connectivity index (χ0n) is 14.6. The van der Waals surface area contributed by atoms with Crippen LogP contribution in [0.2, 0.25) is 10.0 Å². The van der Waals surface area contributed by atoms with E-state index in [0.29, 0.717) is 27.4 Å². The number of amides is 1. The fourth-order valence-corrected chi connectivity index (χ4v) is 2.80. The van der Waals surface area contributed by atoms with Gasteiger partial charge in [0.25, 0.3) is 5.69 Å². The standard InChI is InChI=1S/C18H17Cl2N3O4/c1-10(24)7-13-8-16(19)17(20)9-15(13)18(22-21-11(2)25)12-3-5-14(6-4-12)23(26)27/h3-6,8-10,24H,7H2,1-2H3,(H,21,25). The normalized spacial score (nSPS) is 12.6. The number of benzene rings is 2. The Hall–Kier alpha value is -2.48. The number of carbonyl (C=O) groups excluding carboxylic acids is 1. The highest BCUT2D eigenvalue weighted by atomic mass is 35.5. The molecule has 0 saturated carbocycles. The third-order valence-electron chi connectivity index (χ3n) is 3.59. The zero-order chi connectivity index (χ0) is 20.1. The lowest BCUT2D eigenvalue weighted by Gasteiger charge is -2.15. The van der Waals surface area contributed by atoms with Crippen LogP contribution in [0.4, 0.5) is 5.69 Å². The lowest BCUT2D eigenvalue weighted by molar-refractivity contribution is -0.384. The Balaban J connectivity index is 2.64. The quantitative estimate of drug-likeness (QED) is 0.430. The molecular formula is C18H17Cl2N3O4. The van der Waals surface area contributed by atoms with Crippen molar-refractivity contribution in [2.75, 3.05) is 0 Å². The molecule has 9 heteroatoms. The summed E-state index contributed by atoms with van der Waals surface area (Å²) in [6.45, 7) is 2.94. The molecule has 0 spiro atoms. The Bertz CT molecular complexity index is 896. The summed E-state index contributed by atoms with van der Waals surface area (Å²) in [6, 6.07) is 8.93.